The van der Waals surface area contributed by atoms with Crippen LogP contribution in [0.1, 0.15) is 16.7 Å². The van der Waals surface area contributed by atoms with E-state index < -0.39 is 5.97 Å². The molecule has 0 unspecified atom stereocenters. The first kappa shape index (κ1) is 15.4. The van der Waals surface area contributed by atoms with Gasteiger partial charge in [0, 0.05) is 21.2 Å². The van der Waals surface area contributed by atoms with Crippen molar-refractivity contribution < 1.29 is 9.53 Å². The van der Waals surface area contributed by atoms with Gasteiger partial charge in [0.05, 0.1) is 18.1 Å². The molecule has 106 valence electrons. The molecule has 0 radical (unpaired) electrons. The summed E-state index contributed by atoms with van der Waals surface area (Å²) >= 11 is 12.0. The van der Waals surface area contributed by atoms with Crippen LogP contribution in [0.3, 0.4) is 0 Å². The van der Waals surface area contributed by atoms with E-state index in [1.54, 1.807) is 42.5 Å². The van der Waals surface area contributed by atoms with Gasteiger partial charge in [-0.15, -0.1) is 0 Å². The predicted octanol–water partition coefficient (Wildman–Crippen LogP) is 4.15. The van der Waals surface area contributed by atoms with Gasteiger partial charge in [0.25, 0.3) is 0 Å². The predicted molar refractivity (Wildman–Crippen MR) is 81.1 cm³/mol. The normalized spacial score (nSPS) is 9.95. The number of nitriles is 1. The maximum atomic E-state index is 11.9. The molecule has 0 atom stereocenters. The summed E-state index contributed by atoms with van der Waals surface area (Å²) in [5.74, 6) is -0.447. The molecule has 0 bridgehead atoms. The van der Waals surface area contributed by atoms with E-state index in [0.29, 0.717) is 26.7 Å². The van der Waals surface area contributed by atoms with Gasteiger partial charge in [-0.3, -0.25) is 4.79 Å². The minimum absolute atomic E-state index is 0.00672. The Hall–Kier alpha value is -2.02. The molecule has 0 heterocycles. The lowest BCUT2D eigenvalue weighted by Crippen LogP contribution is -2.09. The van der Waals surface area contributed by atoms with Crippen LogP contribution in [0.2, 0.25) is 10.0 Å². The zero-order valence-electron chi connectivity index (χ0n) is 11.0. The monoisotopic (exact) mass is 319 g/mol. The average Bonchev–Trinajstić information content (AvgIpc) is 2.49. The summed E-state index contributed by atoms with van der Waals surface area (Å²) in [5, 5.41) is 9.82. The number of carbonyl (C=O) groups excluding carboxylic acids is 1. The zero-order valence-corrected chi connectivity index (χ0v) is 12.5. The summed E-state index contributed by atoms with van der Waals surface area (Å²) < 4.78 is 5.18. The highest BCUT2D eigenvalue weighted by Crippen LogP contribution is 2.25. The number of rotatable bonds is 4. The maximum Gasteiger partial charge on any atom is 0.310 e. The van der Waals surface area contributed by atoms with Crippen LogP contribution in [-0.2, 0) is 22.6 Å². The number of hydrogen-bond donors (Lipinski definition) is 0. The quantitative estimate of drug-likeness (QED) is 0.795. The largest absolute Gasteiger partial charge is 0.461 e. The van der Waals surface area contributed by atoms with Gasteiger partial charge in [-0.1, -0.05) is 47.5 Å². The molecule has 5 heteroatoms. The summed E-state index contributed by atoms with van der Waals surface area (Å²) in [6.45, 7) is 0.0463. The molecular formula is C16H11Cl2NO2. The van der Waals surface area contributed by atoms with Crippen molar-refractivity contribution in [1.82, 2.24) is 0 Å². The van der Waals surface area contributed by atoms with Crippen molar-refractivity contribution in [3.05, 3.63) is 69.2 Å². The lowest BCUT2D eigenvalue weighted by Gasteiger charge is -2.08. The molecule has 0 saturated carbocycles. The number of benzene rings is 2. The third kappa shape index (κ3) is 3.98. The van der Waals surface area contributed by atoms with Gasteiger partial charge in [0.1, 0.15) is 6.61 Å². The maximum absolute atomic E-state index is 11.9. The Morgan fingerprint density at radius 1 is 1.10 bits per heavy atom. The standard InChI is InChI=1S/C16H11Cl2NO2/c17-14-6-3-7-15(18)13(14)8-16(20)21-10-12-5-2-1-4-11(12)9-19/h1-7H,8,10H2. The molecule has 0 fully saturated rings. The van der Waals surface area contributed by atoms with Crippen molar-refractivity contribution in [2.45, 2.75) is 13.0 Å². The Balaban J connectivity index is 2.02. The molecule has 21 heavy (non-hydrogen) atoms. The Morgan fingerprint density at radius 2 is 1.76 bits per heavy atom. The second kappa shape index (κ2) is 7.12. The van der Waals surface area contributed by atoms with E-state index in [2.05, 4.69) is 6.07 Å². The van der Waals surface area contributed by atoms with Gasteiger partial charge in [0.15, 0.2) is 0 Å². The molecule has 0 aromatic heterocycles. The Labute approximate surface area is 132 Å². The highest BCUT2D eigenvalue weighted by atomic mass is 35.5. The molecule has 0 aliphatic heterocycles. The smallest absolute Gasteiger partial charge is 0.310 e. The van der Waals surface area contributed by atoms with Gasteiger partial charge >= 0.3 is 5.97 Å². The van der Waals surface area contributed by atoms with Crippen molar-refractivity contribution in [3.63, 3.8) is 0 Å². The van der Waals surface area contributed by atoms with Crippen LogP contribution in [0.5, 0.6) is 0 Å². The summed E-state index contributed by atoms with van der Waals surface area (Å²) in [4.78, 5) is 11.9. The molecule has 0 aliphatic rings. The van der Waals surface area contributed by atoms with E-state index in [0.717, 1.165) is 0 Å². The molecule has 3 nitrogen and oxygen atoms in total. The first-order chi connectivity index (χ1) is 10.1. The number of nitrogens with zero attached hydrogens (tertiary/aromatic N) is 1. The summed E-state index contributed by atoms with van der Waals surface area (Å²) in [6, 6.07) is 14.1. The molecule has 0 aliphatic carbocycles. The van der Waals surface area contributed by atoms with E-state index in [9.17, 15) is 4.79 Å². The SMILES string of the molecule is N#Cc1ccccc1COC(=O)Cc1c(Cl)cccc1Cl. The van der Waals surface area contributed by atoms with E-state index >= 15 is 0 Å². The Bertz CT molecular complexity index is 687. The lowest BCUT2D eigenvalue weighted by atomic mass is 10.1. The van der Waals surface area contributed by atoms with Crippen LogP contribution in [-0.4, -0.2) is 5.97 Å². The van der Waals surface area contributed by atoms with Gasteiger partial charge in [-0.05, 0) is 18.2 Å². The third-order valence-corrected chi connectivity index (χ3v) is 3.62. The van der Waals surface area contributed by atoms with Crippen LogP contribution >= 0.6 is 23.2 Å². The minimum atomic E-state index is -0.447. The van der Waals surface area contributed by atoms with Gasteiger partial charge in [-0.2, -0.15) is 5.26 Å². The van der Waals surface area contributed by atoms with Gasteiger partial charge in [-0.25, -0.2) is 0 Å². The summed E-state index contributed by atoms with van der Waals surface area (Å²) in [5.41, 5.74) is 1.69. The molecule has 2 aromatic carbocycles. The Kier molecular flexibility index (Phi) is 5.21. The number of esters is 1. The van der Waals surface area contributed by atoms with Crippen molar-refractivity contribution in [2.24, 2.45) is 0 Å². The number of halogens is 2. The third-order valence-electron chi connectivity index (χ3n) is 2.91. The van der Waals surface area contributed by atoms with Crippen LogP contribution in [0, 0.1) is 11.3 Å². The molecule has 0 N–H and O–H groups in total. The van der Waals surface area contributed by atoms with Crippen LogP contribution in [0.25, 0.3) is 0 Å². The van der Waals surface area contributed by atoms with Crippen LogP contribution in [0.15, 0.2) is 42.5 Å². The molecule has 0 spiro atoms. The molecule has 0 amide bonds. The first-order valence-electron chi connectivity index (χ1n) is 6.18. The number of hydrogen-bond acceptors (Lipinski definition) is 3. The minimum Gasteiger partial charge on any atom is -0.461 e. The number of carbonyl (C=O) groups is 1. The molecule has 2 aromatic rings. The van der Waals surface area contributed by atoms with Gasteiger partial charge < -0.3 is 4.74 Å². The molecule has 2 rings (SSSR count). The van der Waals surface area contributed by atoms with Crippen molar-refractivity contribution >= 4 is 29.2 Å². The highest BCUT2D eigenvalue weighted by molar-refractivity contribution is 6.36. The van der Waals surface area contributed by atoms with Crippen molar-refractivity contribution in [2.75, 3.05) is 0 Å². The van der Waals surface area contributed by atoms with E-state index in [-0.39, 0.29) is 13.0 Å². The molecular weight excluding hydrogens is 309 g/mol. The average molecular weight is 320 g/mol. The summed E-state index contributed by atoms with van der Waals surface area (Å²) in [7, 11) is 0. The van der Waals surface area contributed by atoms with E-state index in [1.807, 2.05) is 0 Å². The van der Waals surface area contributed by atoms with E-state index in [4.69, 9.17) is 33.2 Å². The fourth-order valence-electron chi connectivity index (χ4n) is 1.81. The van der Waals surface area contributed by atoms with E-state index in [1.165, 1.54) is 0 Å². The first-order valence-corrected chi connectivity index (χ1v) is 6.94. The van der Waals surface area contributed by atoms with Crippen LogP contribution in [0.4, 0.5) is 0 Å². The van der Waals surface area contributed by atoms with Crippen molar-refractivity contribution in [1.29, 1.82) is 5.26 Å². The Morgan fingerprint density at radius 3 is 2.43 bits per heavy atom. The van der Waals surface area contributed by atoms with Crippen molar-refractivity contribution in [3.8, 4) is 6.07 Å². The second-order valence-corrected chi connectivity index (χ2v) is 5.12. The summed E-state index contributed by atoms with van der Waals surface area (Å²) in [6.07, 6.45) is -0.00672. The lowest BCUT2D eigenvalue weighted by molar-refractivity contribution is -0.144. The fourth-order valence-corrected chi connectivity index (χ4v) is 2.34. The van der Waals surface area contributed by atoms with Gasteiger partial charge in [0.2, 0.25) is 0 Å². The highest BCUT2D eigenvalue weighted by Gasteiger charge is 2.12. The fraction of sp³-hybridized carbons (Fsp3) is 0.125. The molecule has 0 saturated heterocycles. The van der Waals surface area contributed by atoms with Crippen LogP contribution < -0.4 is 0 Å². The topological polar surface area (TPSA) is 50.1 Å². The zero-order chi connectivity index (χ0) is 15.2. The number of ether oxygens (including phenoxy) is 1. The second-order valence-electron chi connectivity index (χ2n) is 4.31.